The zero-order chi connectivity index (χ0) is 10.1. The van der Waals surface area contributed by atoms with E-state index in [1.807, 2.05) is 0 Å². The van der Waals surface area contributed by atoms with Gasteiger partial charge in [0.1, 0.15) is 5.84 Å². The molecule has 1 aromatic rings. The summed E-state index contributed by atoms with van der Waals surface area (Å²) < 4.78 is 0. The molecular weight excluding hydrogens is 220 g/mol. The van der Waals surface area contributed by atoms with E-state index >= 15 is 0 Å². The molecule has 2 nitrogen and oxygen atoms in total. The maximum absolute atomic E-state index is 4.56. The fourth-order valence-electron chi connectivity index (χ4n) is 2.69. The van der Waals surface area contributed by atoms with Crippen LogP contribution in [0.15, 0.2) is 29.3 Å². The Labute approximate surface area is 103 Å². The Bertz CT molecular complexity index is 401. The number of rotatable bonds is 1. The van der Waals surface area contributed by atoms with Crippen molar-refractivity contribution in [3.8, 4) is 0 Å². The molecule has 3 heteroatoms. The van der Waals surface area contributed by atoms with Crippen molar-refractivity contribution in [1.29, 1.82) is 0 Å². The van der Waals surface area contributed by atoms with Crippen LogP contribution in [0.25, 0.3) is 0 Å². The number of fused-ring (bicyclic) bond motifs is 1. The largest absolute Gasteiger partial charge is 0.371 e. The van der Waals surface area contributed by atoms with Crippen LogP contribution in [0.4, 0.5) is 0 Å². The molecular formula is C13H17ClN2. The van der Waals surface area contributed by atoms with Crippen LogP contribution in [0.3, 0.4) is 0 Å². The predicted octanol–water partition coefficient (Wildman–Crippen LogP) is 2.53. The van der Waals surface area contributed by atoms with Crippen LogP contribution in [0.5, 0.6) is 0 Å². The highest BCUT2D eigenvalue weighted by molar-refractivity contribution is 5.90. The quantitative estimate of drug-likeness (QED) is 0.796. The normalized spacial score (nSPS) is 22.8. The second kappa shape index (κ2) is 4.88. The lowest BCUT2D eigenvalue weighted by Crippen LogP contribution is -2.28. The second-order valence-corrected chi connectivity index (χ2v) is 4.34. The summed E-state index contributed by atoms with van der Waals surface area (Å²) in [5.74, 6) is 1.76. The number of benzene rings is 1. The molecule has 1 aliphatic heterocycles. The Hall–Kier alpha value is -1.02. The summed E-state index contributed by atoms with van der Waals surface area (Å²) in [7, 11) is 0. The molecule has 0 saturated carbocycles. The van der Waals surface area contributed by atoms with Gasteiger partial charge in [-0.25, -0.2) is 0 Å². The highest BCUT2D eigenvalue weighted by Crippen LogP contribution is 2.32. The molecule has 0 aromatic heterocycles. The van der Waals surface area contributed by atoms with E-state index in [1.165, 1.54) is 36.2 Å². The van der Waals surface area contributed by atoms with Gasteiger partial charge in [0.05, 0.1) is 6.54 Å². The smallest absolute Gasteiger partial charge is 0.104 e. The van der Waals surface area contributed by atoms with E-state index in [2.05, 4.69) is 34.6 Å². The molecule has 0 amide bonds. The van der Waals surface area contributed by atoms with Gasteiger partial charge in [-0.2, -0.15) is 0 Å². The summed E-state index contributed by atoms with van der Waals surface area (Å²) in [6, 6.07) is 8.82. The first-order chi connectivity index (χ1) is 7.45. The maximum atomic E-state index is 4.56. The van der Waals surface area contributed by atoms with Crippen molar-refractivity contribution in [3.63, 3.8) is 0 Å². The van der Waals surface area contributed by atoms with Gasteiger partial charge >= 0.3 is 0 Å². The Morgan fingerprint density at radius 3 is 2.94 bits per heavy atom. The fraction of sp³-hybridized carbons (Fsp3) is 0.462. The standard InChI is InChI=1S/C13H16N2.ClH/c1-2-6-11-10(4-1)5-3-7-12(11)13-14-8-9-15-13;/h1-2,4,6,12H,3,5,7-9H2,(H,14,15);1H/t12-;/m0./s1. The lowest BCUT2D eigenvalue weighted by Gasteiger charge is -2.25. The summed E-state index contributed by atoms with van der Waals surface area (Å²) in [5, 5.41) is 3.42. The molecule has 1 heterocycles. The molecule has 86 valence electrons. The van der Waals surface area contributed by atoms with Gasteiger partial charge in [0.15, 0.2) is 0 Å². The predicted molar refractivity (Wildman–Crippen MR) is 69.7 cm³/mol. The van der Waals surface area contributed by atoms with Crippen LogP contribution in [0.1, 0.15) is 29.9 Å². The average molecular weight is 237 g/mol. The Balaban J connectivity index is 0.000000963. The third-order valence-electron chi connectivity index (χ3n) is 3.40. The Kier molecular flexibility index (Phi) is 3.49. The van der Waals surface area contributed by atoms with E-state index in [0.29, 0.717) is 5.92 Å². The molecule has 0 bridgehead atoms. The van der Waals surface area contributed by atoms with Gasteiger partial charge < -0.3 is 5.32 Å². The van der Waals surface area contributed by atoms with E-state index in [0.717, 1.165) is 13.1 Å². The van der Waals surface area contributed by atoms with E-state index in [9.17, 15) is 0 Å². The lowest BCUT2D eigenvalue weighted by molar-refractivity contribution is 0.641. The summed E-state index contributed by atoms with van der Waals surface area (Å²) in [6.07, 6.45) is 3.78. The summed E-state index contributed by atoms with van der Waals surface area (Å²) in [6.45, 7) is 1.97. The summed E-state index contributed by atoms with van der Waals surface area (Å²) in [5.41, 5.74) is 3.02. The van der Waals surface area contributed by atoms with E-state index < -0.39 is 0 Å². The SMILES string of the molecule is Cl.c1ccc2c(c1)CCC[C@@H]2C1=NCCN1. The van der Waals surface area contributed by atoms with Gasteiger partial charge in [-0.1, -0.05) is 24.3 Å². The highest BCUT2D eigenvalue weighted by atomic mass is 35.5. The fourth-order valence-corrected chi connectivity index (χ4v) is 2.69. The number of hydrogen-bond donors (Lipinski definition) is 1. The Morgan fingerprint density at radius 2 is 2.12 bits per heavy atom. The average Bonchev–Trinajstić information content (AvgIpc) is 2.82. The molecule has 0 radical (unpaired) electrons. The molecule has 3 rings (SSSR count). The van der Waals surface area contributed by atoms with E-state index in [-0.39, 0.29) is 12.4 Å². The number of amidine groups is 1. The molecule has 16 heavy (non-hydrogen) atoms. The van der Waals surface area contributed by atoms with Gasteiger partial charge in [-0.3, -0.25) is 4.99 Å². The minimum absolute atomic E-state index is 0. The number of aliphatic imine (C=N–C) groups is 1. The van der Waals surface area contributed by atoms with Gasteiger partial charge in [-0.05, 0) is 30.4 Å². The molecule has 0 saturated heterocycles. The number of hydrogen-bond acceptors (Lipinski definition) is 2. The van der Waals surface area contributed by atoms with Crippen molar-refractivity contribution in [2.75, 3.05) is 13.1 Å². The molecule has 1 atom stereocenters. The van der Waals surface area contributed by atoms with Gasteiger partial charge in [0.2, 0.25) is 0 Å². The van der Waals surface area contributed by atoms with Crippen LogP contribution < -0.4 is 5.32 Å². The molecule has 1 aromatic carbocycles. The molecule has 1 aliphatic carbocycles. The van der Waals surface area contributed by atoms with Crippen molar-refractivity contribution in [3.05, 3.63) is 35.4 Å². The first-order valence-corrected chi connectivity index (χ1v) is 5.81. The number of halogens is 1. The number of nitrogens with zero attached hydrogens (tertiary/aromatic N) is 1. The van der Waals surface area contributed by atoms with E-state index in [4.69, 9.17) is 0 Å². The molecule has 2 aliphatic rings. The maximum Gasteiger partial charge on any atom is 0.104 e. The summed E-state index contributed by atoms with van der Waals surface area (Å²) >= 11 is 0. The lowest BCUT2D eigenvalue weighted by atomic mass is 9.82. The Morgan fingerprint density at radius 1 is 1.25 bits per heavy atom. The minimum Gasteiger partial charge on any atom is -0.371 e. The van der Waals surface area contributed by atoms with Crippen molar-refractivity contribution in [1.82, 2.24) is 5.32 Å². The minimum atomic E-state index is 0. The van der Waals surface area contributed by atoms with Crippen molar-refractivity contribution in [2.45, 2.75) is 25.2 Å². The number of nitrogens with one attached hydrogen (secondary N) is 1. The monoisotopic (exact) mass is 236 g/mol. The van der Waals surface area contributed by atoms with Crippen LogP contribution in [0, 0.1) is 0 Å². The van der Waals surface area contributed by atoms with Gasteiger partial charge in [0.25, 0.3) is 0 Å². The third-order valence-corrected chi connectivity index (χ3v) is 3.40. The summed E-state index contributed by atoms with van der Waals surface area (Å²) in [4.78, 5) is 4.56. The van der Waals surface area contributed by atoms with Gasteiger partial charge in [-0.15, -0.1) is 12.4 Å². The van der Waals surface area contributed by atoms with Crippen molar-refractivity contribution in [2.24, 2.45) is 4.99 Å². The third kappa shape index (κ3) is 1.94. The number of aryl methyl sites for hydroxylation is 1. The van der Waals surface area contributed by atoms with Crippen LogP contribution in [-0.4, -0.2) is 18.9 Å². The first-order valence-electron chi connectivity index (χ1n) is 5.81. The molecule has 0 unspecified atom stereocenters. The van der Waals surface area contributed by atoms with Crippen molar-refractivity contribution >= 4 is 18.2 Å². The molecule has 0 spiro atoms. The second-order valence-electron chi connectivity index (χ2n) is 4.34. The van der Waals surface area contributed by atoms with Gasteiger partial charge in [0, 0.05) is 12.5 Å². The van der Waals surface area contributed by atoms with Crippen LogP contribution in [-0.2, 0) is 6.42 Å². The van der Waals surface area contributed by atoms with Crippen LogP contribution in [0.2, 0.25) is 0 Å². The molecule has 0 fully saturated rings. The zero-order valence-corrected chi connectivity index (χ0v) is 10.1. The molecule has 1 N–H and O–H groups in total. The van der Waals surface area contributed by atoms with E-state index in [1.54, 1.807) is 0 Å². The first kappa shape index (κ1) is 11.5. The van der Waals surface area contributed by atoms with Crippen molar-refractivity contribution < 1.29 is 0 Å². The highest BCUT2D eigenvalue weighted by Gasteiger charge is 2.25. The zero-order valence-electron chi connectivity index (χ0n) is 9.28. The van der Waals surface area contributed by atoms with Crippen LogP contribution >= 0.6 is 12.4 Å². The topological polar surface area (TPSA) is 24.4 Å².